The van der Waals surface area contributed by atoms with Crippen molar-refractivity contribution in [2.45, 2.75) is 6.92 Å². The van der Waals surface area contributed by atoms with Gasteiger partial charge in [-0.05, 0) is 35.9 Å². The lowest BCUT2D eigenvalue weighted by molar-refractivity contribution is -0.114. The third-order valence-corrected chi connectivity index (χ3v) is 3.49. The zero-order chi connectivity index (χ0) is 15.9. The molecular formula is C17H15BrN2O2. The van der Waals surface area contributed by atoms with Crippen molar-refractivity contribution in [2.75, 3.05) is 10.6 Å². The standard InChI is InChI=1S/C17H15BrN2O2/c1-12(21)19-14-6-4-7-15(11-14)20-17(22)10-9-13-5-2-3-8-16(13)18/h2-11H,1H3,(H,19,21)(H,20,22). The number of nitrogens with one attached hydrogen (secondary N) is 2. The van der Waals surface area contributed by atoms with E-state index in [0.29, 0.717) is 11.4 Å². The first kappa shape index (κ1) is 16.0. The van der Waals surface area contributed by atoms with Gasteiger partial charge in [0.25, 0.3) is 0 Å². The molecule has 0 bridgehead atoms. The van der Waals surface area contributed by atoms with E-state index in [-0.39, 0.29) is 11.8 Å². The highest BCUT2D eigenvalue weighted by Gasteiger charge is 2.01. The van der Waals surface area contributed by atoms with E-state index in [0.717, 1.165) is 10.0 Å². The highest BCUT2D eigenvalue weighted by molar-refractivity contribution is 9.10. The topological polar surface area (TPSA) is 58.2 Å². The molecule has 2 aromatic rings. The summed E-state index contributed by atoms with van der Waals surface area (Å²) in [6.07, 6.45) is 3.20. The Bertz CT molecular complexity index is 726. The molecule has 0 fully saturated rings. The molecular weight excluding hydrogens is 344 g/mol. The molecule has 2 N–H and O–H groups in total. The second-order valence-corrected chi connectivity index (χ2v) is 5.46. The fraction of sp³-hybridized carbons (Fsp3) is 0.0588. The first-order chi connectivity index (χ1) is 10.5. The number of carbonyl (C=O) groups excluding carboxylic acids is 2. The van der Waals surface area contributed by atoms with Crippen LogP contribution in [0.3, 0.4) is 0 Å². The molecule has 0 unspecified atom stereocenters. The Balaban J connectivity index is 2.03. The van der Waals surface area contributed by atoms with E-state index >= 15 is 0 Å². The minimum Gasteiger partial charge on any atom is -0.326 e. The number of amides is 2. The molecule has 0 saturated carbocycles. The first-order valence-electron chi connectivity index (χ1n) is 6.66. The van der Waals surface area contributed by atoms with Crippen molar-refractivity contribution in [1.29, 1.82) is 0 Å². The Kier molecular flexibility index (Phi) is 5.49. The molecule has 0 aliphatic carbocycles. The van der Waals surface area contributed by atoms with Crippen molar-refractivity contribution in [3.63, 3.8) is 0 Å². The van der Waals surface area contributed by atoms with Crippen LogP contribution in [0.1, 0.15) is 12.5 Å². The maximum Gasteiger partial charge on any atom is 0.248 e. The van der Waals surface area contributed by atoms with Crippen LogP contribution in [-0.4, -0.2) is 11.8 Å². The van der Waals surface area contributed by atoms with E-state index in [2.05, 4.69) is 26.6 Å². The number of halogens is 1. The molecule has 2 rings (SSSR count). The zero-order valence-corrected chi connectivity index (χ0v) is 13.6. The molecule has 4 nitrogen and oxygen atoms in total. The molecule has 0 aliphatic rings. The third-order valence-electron chi connectivity index (χ3n) is 2.77. The van der Waals surface area contributed by atoms with Crippen molar-refractivity contribution in [3.05, 3.63) is 64.6 Å². The minimum atomic E-state index is -0.240. The Morgan fingerprint density at radius 3 is 2.36 bits per heavy atom. The van der Waals surface area contributed by atoms with E-state index in [1.807, 2.05) is 24.3 Å². The number of hydrogen-bond acceptors (Lipinski definition) is 2. The van der Waals surface area contributed by atoms with Crippen molar-refractivity contribution in [3.8, 4) is 0 Å². The third kappa shape index (κ3) is 4.86. The van der Waals surface area contributed by atoms with Gasteiger partial charge in [-0.25, -0.2) is 0 Å². The molecule has 0 spiro atoms. The molecule has 0 aliphatic heterocycles. The van der Waals surface area contributed by atoms with E-state index in [9.17, 15) is 9.59 Å². The molecule has 5 heteroatoms. The van der Waals surface area contributed by atoms with Crippen LogP contribution in [0.4, 0.5) is 11.4 Å². The molecule has 0 aromatic heterocycles. The van der Waals surface area contributed by atoms with Gasteiger partial charge in [-0.1, -0.05) is 40.2 Å². The van der Waals surface area contributed by atoms with E-state index < -0.39 is 0 Å². The van der Waals surface area contributed by atoms with Gasteiger partial charge in [0.15, 0.2) is 0 Å². The lowest BCUT2D eigenvalue weighted by Crippen LogP contribution is -2.09. The minimum absolute atomic E-state index is 0.155. The molecule has 0 saturated heterocycles. The second-order valence-electron chi connectivity index (χ2n) is 4.61. The Labute approximate surface area is 137 Å². The van der Waals surface area contributed by atoms with Gasteiger partial charge in [-0.2, -0.15) is 0 Å². The van der Waals surface area contributed by atoms with Gasteiger partial charge >= 0.3 is 0 Å². The molecule has 112 valence electrons. The Hall–Kier alpha value is -2.40. The van der Waals surface area contributed by atoms with Gasteiger partial charge in [0.2, 0.25) is 11.8 Å². The number of anilines is 2. The van der Waals surface area contributed by atoms with E-state index in [1.165, 1.54) is 13.0 Å². The summed E-state index contributed by atoms with van der Waals surface area (Å²) >= 11 is 3.42. The summed E-state index contributed by atoms with van der Waals surface area (Å²) in [7, 11) is 0. The smallest absolute Gasteiger partial charge is 0.248 e. The van der Waals surface area contributed by atoms with Gasteiger partial charge in [0.1, 0.15) is 0 Å². The maximum absolute atomic E-state index is 11.9. The average molecular weight is 359 g/mol. The van der Waals surface area contributed by atoms with Gasteiger partial charge < -0.3 is 10.6 Å². The summed E-state index contributed by atoms with van der Waals surface area (Å²) in [5.41, 5.74) is 2.18. The summed E-state index contributed by atoms with van der Waals surface area (Å²) in [6.45, 7) is 1.44. The SMILES string of the molecule is CC(=O)Nc1cccc(NC(=O)C=Cc2ccccc2Br)c1. The summed E-state index contributed by atoms with van der Waals surface area (Å²) < 4.78 is 0.923. The fourth-order valence-electron chi connectivity index (χ4n) is 1.84. The number of carbonyl (C=O) groups is 2. The van der Waals surface area contributed by atoms with Gasteiger partial charge in [0, 0.05) is 28.8 Å². The molecule has 22 heavy (non-hydrogen) atoms. The first-order valence-corrected chi connectivity index (χ1v) is 7.45. The lowest BCUT2D eigenvalue weighted by Gasteiger charge is -2.06. The summed E-state index contributed by atoms with van der Waals surface area (Å²) in [6, 6.07) is 14.6. The Morgan fingerprint density at radius 2 is 1.68 bits per heavy atom. The highest BCUT2D eigenvalue weighted by atomic mass is 79.9. The van der Waals surface area contributed by atoms with E-state index in [1.54, 1.807) is 30.3 Å². The summed E-state index contributed by atoms with van der Waals surface area (Å²) in [4.78, 5) is 23.0. The largest absolute Gasteiger partial charge is 0.326 e. The zero-order valence-electron chi connectivity index (χ0n) is 12.0. The predicted octanol–water partition coefficient (Wildman–Crippen LogP) is 4.06. The van der Waals surface area contributed by atoms with Crippen LogP contribution in [0.25, 0.3) is 6.08 Å². The molecule has 2 aromatic carbocycles. The maximum atomic E-state index is 11.9. The summed E-state index contributed by atoms with van der Waals surface area (Å²) in [5.74, 6) is -0.395. The number of rotatable bonds is 4. The van der Waals surface area contributed by atoms with Crippen molar-refractivity contribution >= 4 is 45.2 Å². The van der Waals surface area contributed by atoms with Gasteiger partial charge in [-0.3, -0.25) is 9.59 Å². The van der Waals surface area contributed by atoms with Crippen molar-refractivity contribution < 1.29 is 9.59 Å². The molecule has 0 atom stereocenters. The fourth-order valence-corrected chi connectivity index (χ4v) is 2.25. The Morgan fingerprint density at radius 1 is 1.00 bits per heavy atom. The summed E-state index contributed by atoms with van der Waals surface area (Å²) in [5, 5.41) is 5.42. The second kappa shape index (κ2) is 7.56. The van der Waals surface area contributed by atoms with Crippen LogP contribution in [0.15, 0.2) is 59.1 Å². The molecule has 2 amide bonds. The normalized spacial score (nSPS) is 10.5. The monoisotopic (exact) mass is 358 g/mol. The van der Waals surface area contributed by atoms with Crippen LogP contribution in [-0.2, 0) is 9.59 Å². The van der Waals surface area contributed by atoms with Crippen LogP contribution < -0.4 is 10.6 Å². The van der Waals surface area contributed by atoms with E-state index in [4.69, 9.17) is 0 Å². The van der Waals surface area contributed by atoms with Crippen molar-refractivity contribution in [1.82, 2.24) is 0 Å². The number of hydrogen-bond donors (Lipinski definition) is 2. The average Bonchev–Trinajstić information content (AvgIpc) is 2.46. The van der Waals surface area contributed by atoms with Crippen LogP contribution >= 0.6 is 15.9 Å². The van der Waals surface area contributed by atoms with Crippen LogP contribution in [0, 0.1) is 0 Å². The van der Waals surface area contributed by atoms with Gasteiger partial charge in [-0.15, -0.1) is 0 Å². The van der Waals surface area contributed by atoms with Gasteiger partial charge in [0.05, 0.1) is 0 Å². The molecule has 0 radical (unpaired) electrons. The predicted molar refractivity (Wildman–Crippen MR) is 92.6 cm³/mol. The van der Waals surface area contributed by atoms with Crippen molar-refractivity contribution in [2.24, 2.45) is 0 Å². The number of benzene rings is 2. The lowest BCUT2D eigenvalue weighted by atomic mass is 10.2. The van der Waals surface area contributed by atoms with Crippen LogP contribution in [0.2, 0.25) is 0 Å². The van der Waals surface area contributed by atoms with Crippen LogP contribution in [0.5, 0.6) is 0 Å². The molecule has 0 heterocycles. The quantitative estimate of drug-likeness (QED) is 0.809. The highest BCUT2D eigenvalue weighted by Crippen LogP contribution is 2.18.